The van der Waals surface area contributed by atoms with E-state index in [-0.39, 0.29) is 11.9 Å². The Morgan fingerprint density at radius 1 is 1.43 bits per heavy atom. The second-order valence-electron chi connectivity index (χ2n) is 3.53. The molecule has 0 spiro atoms. The smallest absolute Gasteiger partial charge is 0.311 e. The van der Waals surface area contributed by atoms with Crippen LogP contribution in [-0.2, 0) is 19.0 Å². The summed E-state index contributed by atoms with van der Waals surface area (Å²) in [6, 6.07) is 0. The second-order valence-corrected chi connectivity index (χ2v) is 3.53. The van der Waals surface area contributed by atoms with Crippen LogP contribution in [0, 0.1) is 11.8 Å². The van der Waals surface area contributed by atoms with E-state index < -0.39 is 0 Å². The first kappa shape index (κ1) is 11.5. The summed E-state index contributed by atoms with van der Waals surface area (Å²) in [5.74, 6) is 0.0452. The van der Waals surface area contributed by atoms with Gasteiger partial charge in [0, 0.05) is 20.3 Å². The Morgan fingerprint density at radius 2 is 2.07 bits per heavy atom. The van der Waals surface area contributed by atoms with E-state index in [1.807, 2.05) is 0 Å². The van der Waals surface area contributed by atoms with Gasteiger partial charge < -0.3 is 14.2 Å². The summed E-state index contributed by atoms with van der Waals surface area (Å²) < 4.78 is 15.0. The molecule has 1 heterocycles. The lowest BCUT2D eigenvalue weighted by Gasteiger charge is -2.27. The zero-order chi connectivity index (χ0) is 10.4. The van der Waals surface area contributed by atoms with Crippen LogP contribution >= 0.6 is 0 Å². The highest BCUT2D eigenvalue weighted by Crippen LogP contribution is 2.24. The quantitative estimate of drug-likeness (QED) is 0.634. The van der Waals surface area contributed by atoms with Crippen LogP contribution in [-0.4, -0.2) is 40.0 Å². The number of esters is 1. The molecule has 0 bridgehead atoms. The molecule has 0 aromatic rings. The summed E-state index contributed by atoms with van der Waals surface area (Å²) in [5, 5.41) is 0. The minimum atomic E-state index is -0.168. The minimum absolute atomic E-state index is 0.131. The van der Waals surface area contributed by atoms with Gasteiger partial charge in [-0.3, -0.25) is 4.79 Å². The number of hydrogen-bond donors (Lipinski definition) is 0. The lowest BCUT2D eigenvalue weighted by Crippen LogP contribution is -2.32. The molecule has 0 amide bonds. The van der Waals surface area contributed by atoms with Crippen LogP contribution in [0.3, 0.4) is 0 Å². The first-order valence-electron chi connectivity index (χ1n) is 4.94. The molecule has 0 N–H and O–H groups in total. The van der Waals surface area contributed by atoms with Gasteiger partial charge in [0.25, 0.3) is 0 Å². The maximum atomic E-state index is 11.5. The predicted octanol–water partition coefficient (Wildman–Crippen LogP) is 0.849. The monoisotopic (exact) mass is 202 g/mol. The number of carbonyl (C=O) groups excluding carboxylic acids is 1. The first-order chi connectivity index (χ1) is 6.79. The number of hydrogen-bond acceptors (Lipinski definition) is 4. The molecule has 1 aliphatic heterocycles. The summed E-state index contributed by atoms with van der Waals surface area (Å²) in [6.45, 7) is 1.92. The van der Waals surface area contributed by atoms with Crippen molar-refractivity contribution in [3.63, 3.8) is 0 Å². The van der Waals surface area contributed by atoms with Gasteiger partial charge in [-0.15, -0.1) is 0 Å². The van der Waals surface area contributed by atoms with Gasteiger partial charge in [0.2, 0.25) is 0 Å². The van der Waals surface area contributed by atoms with Gasteiger partial charge in [-0.2, -0.15) is 0 Å². The van der Waals surface area contributed by atoms with Gasteiger partial charge in [-0.1, -0.05) is 0 Å². The zero-order valence-corrected chi connectivity index (χ0v) is 8.82. The third-order valence-corrected chi connectivity index (χ3v) is 2.69. The van der Waals surface area contributed by atoms with E-state index in [1.54, 1.807) is 7.11 Å². The van der Waals surface area contributed by atoms with Crippen molar-refractivity contribution in [3.8, 4) is 0 Å². The van der Waals surface area contributed by atoms with E-state index in [0.717, 1.165) is 26.1 Å². The SMILES string of the molecule is COCC(C(=O)OC)C1CCOCC1. The summed E-state index contributed by atoms with van der Waals surface area (Å²) in [6.07, 6.45) is 1.84. The van der Waals surface area contributed by atoms with Crippen molar-refractivity contribution in [2.45, 2.75) is 12.8 Å². The van der Waals surface area contributed by atoms with Gasteiger partial charge in [0.05, 0.1) is 19.6 Å². The van der Waals surface area contributed by atoms with Crippen LogP contribution in [0.5, 0.6) is 0 Å². The summed E-state index contributed by atoms with van der Waals surface area (Å²) >= 11 is 0. The number of carbonyl (C=O) groups is 1. The zero-order valence-electron chi connectivity index (χ0n) is 8.82. The van der Waals surface area contributed by atoms with E-state index in [2.05, 4.69) is 0 Å². The Morgan fingerprint density at radius 3 is 2.57 bits per heavy atom. The molecule has 1 unspecified atom stereocenters. The van der Waals surface area contributed by atoms with Gasteiger partial charge >= 0.3 is 5.97 Å². The molecule has 14 heavy (non-hydrogen) atoms. The van der Waals surface area contributed by atoms with Crippen molar-refractivity contribution in [3.05, 3.63) is 0 Å². The summed E-state index contributed by atoms with van der Waals surface area (Å²) in [4.78, 5) is 11.5. The second kappa shape index (κ2) is 5.98. The molecule has 1 rings (SSSR count). The molecule has 4 nitrogen and oxygen atoms in total. The molecule has 0 aromatic carbocycles. The summed E-state index contributed by atoms with van der Waals surface area (Å²) in [7, 11) is 3.03. The Balaban J connectivity index is 2.50. The molecule has 1 atom stereocenters. The van der Waals surface area contributed by atoms with Crippen LogP contribution in [0.2, 0.25) is 0 Å². The van der Waals surface area contributed by atoms with E-state index >= 15 is 0 Å². The Bertz CT molecular complexity index is 175. The van der Waals surface area contributed by atoms with E-state index in [9.17, 15) is 4.79 Å². The van der Waals surface area contributed by atoms with Gasteiger partial charge in [-0.05, 0) is 18.8 Å². The van der Waals surface area contributed by atoms with Gasteiger partial charge in [0.15, 0.2) is 0 Å². The lowest BCUT2D eigenvalue weighted by molar-refractivity contribution is -0.151. The highest BCUT2D eigenvalue weighted by atomic mass is 16.5. The van der Waals surface area contributed by atoms with Crippen molar-refractivity contribution in [2.24, 2.45) is 11.8 Å². The van der Waals surface area contributed by atoms with E-state index in [1.165, 1.54) is 7.11 Å². The van der Waals surface area contributed by atoms with Crippen LogP contribution in [0.25, 0.3) is 0 Å². The molecule has 0 saturated carbocycles. The Labute approximate surface area is 84.5 Å². The third-order valence-electron chi connectivity index (χ3n) is 2.69. The highest BCUT2D eigenvalue weighted by molar-refractivity contribution is 5.72. The average Bonchev–Trinajstić information content (AvgIpc) is 2.26. The molecule has 1 aliphatic rings. The maximum absolute atomic E-state index is 11.5. The Kier molecular flexibility index (Phi) is 4.90. The number of ether oxygens (including phenoxy) is 3. The van der Waals surface area contributed by atoms with Crippen molar-refractivity contribution < 1.29 is 19.0 Å². The van der Waals surface area contributed by atoms with Crippen LogP contribution in [0.1, 0.15) is 12.8 Å². The van der Waals surface area contributed by atoms with E-state index in [4.69, 9.17) is 14.2 Å². The molecule has 1 saturated heterocycles. The van der Waals surface area contributed by atoms with Crippen LogP contribution in [0.4, 0.5) is 0 Å². The van der Waals surface area contributed by atoms with Crippen molar-refractivity contribution in [1.82, 2.24) is 0 Å². The van der Waals surface area contributed by atoms with Crippen molar-refractivity contribution >= 4 is 5.97 Å². The molecule has 1 fully saturated rings. The molecule has 0 aromatic heterocycles. The standard InChI is InChI=1S/C10H18O4/c1-12-7-9(10(11)13-2)8-3-5-14-6-4-8/h8-9H,3-7H2,1-2H3. The highest BCUT2D eigenvalue weighted by Gasteiger charge is 2.30. The molecule has 4 heteroatoms. The van der Waals surface area contributed by atoms with Gasteiger partial charge in [0.1, 0.15) is 0 Å². The van der Waals surface area contributed by atoms with Crippen LogP contribution < -0.4 is 0 Å². The fourth-order valence-corrected chi connectivity index (χ4v) is 1.85. The average molecular weight is 202 g/mol. The van der Waals surface area contributed by atoms with Crippen molar-refractivity contribution in [1.29, 1.82) is 0 Å². The molecule has 0 radical (unpaired) electrons. The fraction of sp³-hybridized carbons (Fsp3) is 0.900. The normalized spacial score (nSPS) is 20.4. The van der Waals surface area contributed by atoms with Crippen molar-refractivity contribution in [2.75, 3.05) is 34.0 Å². The molecule has 0 aliphatic carbocycles. The summed E-state index contributed by atoms with van der Waals surface area (Å²) in [5.41, 5.74) is 0. The number of rotatable bonds is 4. The van der Waals surface area contributed by atoms with E-state index in [0.29, 0.717) is 12.5 Å². The minimum Gasteiger partial charge on any atom is -0.469 e. The largest absolute Gasteiger partial charge is 0.469 e. The van der Waals surface area contributed by atoms with Gasteiger partial charge in [-0.25, -0.2) is 0 Å². The molecular formula is C10H18O4. The van der Waals surface area contributed by atoms with Crippen LogP contribution in [0.15, 0.2) is 0 Å². The first-order valence-corrected chi connectivity index (χ1v) is 4.94. The topological polar surface area (TPSA) is 44.8 Å². The predicted molar refractivity (Wildman–Crippen MR) is 50.9 cm³/mol. The third kappa shape index (κ3) is 2.96. The molecule has 82 valence electrons. The lowest BCUT2D eigenvalue weighted by atomic mass is 9.86. The molecular weight excluding hydrogens is 184 g/mol. The maximum Gasteiger partial charge on any atom is 0.311 e. The number of methoxy groups -OCH3 is 2. The Hall–Kier alpha value is -0.610. The fourth-order valence-electron chi connectivity index (χ4n) is 1.85.